The van der Waals surface area contributed by atoms with Crippen LogP contribution in [0.2, 0.25) is 0 Å². The minimum absolute atomic E-state index is 0.0813. The van der Waals surface area contributed by atoms with Gasteiger partial charge in [0.25, 0.3) is 0 Å². The Morgan fingerprint density at radius 3 is 2.44 bits per heavy atom. The number of ether oxygens (including phenoxy) is 1. The molecule has 0 atom stereocenters. The van der Waals surface area contributed by atoms with Crippen LogP contribution in [0.25, 0.3) is 0 Å². The Kier molecular flexibility index (Phi) is 4.36. The lowest BCUT2D eigenvalue weighted by Gasteiger charge is -2.13. The molecule has 3 nitrogen and oxygen atoms in total. The van der Waals surface area contributed by atoms with Gasteiger partial charge in [-0.15, -0.1) is 0 Å². The molecule has 0 spiro atoms. The second-order valence-electron chi connectivity index (χ2n) is 4.56. The van der Waals surface area contributed by atoms with Crippen molar-refractivity contribution in [2.75, 3.05) is 24.2 Å². The van der Waals surface area contributed by atoms with Crippen LogP contribution in [0.1, 0.15) is 25.7 Å². The van der Waals surface area contributed by atoms with E-state index in [1.165, 1.54) is 12.8 Å². The molecule has 18 heavy (non-hydrogen) atoms. The molecular formula is C13H18F2N2O. The van der Waals surface area contributed by atoms with Crippen molar-refractivity contribution in [3.8, 4) is 0 Å². The summed E-state index contributed by atoms with van der Waals surface area (Å²) in [4.78, 5) is 0. The van der Waals surface area contributed by atoms with E-state index in [1.54, 1.807) is 0 Å². The first-order valence-corrected chi connectivity index (χ1v) is 6.27. The Bertz CT molecular complexity index is 383. The summed E-state index contributed by atoms with van der Waals surface area (Å²) in [5, 5.41) is 2.70. The highest BCUT2D eigenvalue weighted by atomic mass is 19.1. The second kappa shape index (κ2) is 6.00. The summed E-state index contributed by atoms with van der Waals surface area (Å²) in [5.74, 6) is -1.35. The van der Waals surface area contributed by atoms with Crippen molar-refractivity contribution in [1.29, 1.82) is 0 Å². The van der Waals surface area contributed by atoms with Crippen LogP contribution in [-0.4, -0.2) is 19.3 Å². The summed E-state index contributed by atoms with van der Waals surface area (Å²) in [6, 6.07) is 2.20. The van der Waals surface area contributed by atoms with E-state index in [2.05, 4.69) is 5.32 Å². The van der Waals surface area contributed by atoms with Crippen molar-refractivity contribution in [3.63, 3.8) is 0 Å². The average Bonchev–Trinajstić information content (AvgIpc) is 2.79. The molecule has 1 aliphatic carbocycles. The number of hydrogen-bond acceptors (Lipinski definition) is 3. The lowest BCUT2D eigenvalue weighted by Crippen LogP contribution is -2.16. The van der Waals surface area contributed by atoms with Crippen molar-refractivity contribution >= 4 is 11.4 Å². The Morgan fingerprint density at radius 1 is 1.22 bits per heavy atom. The topological polar surface area (TPSA) is 47.3 Å². The van der Waals surface area contributed by atoms with Crippen LogP contribution in [-0.2, 0) is 4.74 Å². The van der Waals surface area contributed by atoms with Crippen LogP contribution < -0.4 is 11.1 Å². The predicted octanol–water partition coefficient (Wildman–Crippen LogP) is 2.92. The summed E-state index contributed by atoms with van der Waals surface area (Å²) in [6.45, 7) is 0.835. The molecule has 2 rings (SSSR count). The summed E-state index contributed by atoms with van der Waals surface area (Å²) in [5.41, 5.74) is 5.28. The standard InChI is InChI=1S/C13H18F2N2O/c14-11-7-9(16)8-12(15)13(11)17-5-6-18-10-3-1-2-4-10/h7-8,10,17H,1-6,16H2. The highest BCUT2D eigenvalue weighted by Gasteiger charge is 2.15. The second-order valence-corrected chi connectivity index (χ2v) is 4.56. The molecule has 1 aliphatic rings. The van der Waals surface area contributed by atoms with E-state index in [9.17, 15) is 8.78 Å². The van der Waals surface area contributed by atoms with E-state index in [1.807, 2.05) is 0 Å². The smallest absolute Gasteiger partial charge is 0.151 e. The number of rotatable bonds is 5. The number of nitrogen functional groups attached to an aromatic ring is 1. The maximum Gasteiger partial charge on any atom is 0.151 e. The lowest BCUT2D eigenvalue weighted by atomic mass is 10.2. The minimum atomic E-state index is -0.673. The van der Waals surface area contributed by atoms with Crippen molar-refractivity contribution < 1.29 is 13.5 Å². The van der Waals surface area contributed by atoms with Crippen molar-refractivity contribution in [3.05, 3.63) is 23.8 Å². The maximum atomic E-state index is 13.4. The predicted molar refractivity (Wildman–Crippen MR) is 67.5 cm³/mol. The summed E-state index contributed by atoms with van der Waals surface area (Å²) in [7, 11) is 0. The van der Waals surface area contributed by atoms with Gasteiger partial charge in [0, 0.05) is 12.2 Å². The molecule has 1 saturated carbocycles. The Hall–Kier alpha value is -1.36. The number of nitrogens with two attached hydrogens (primary N) is 1. The highest BCUT2D eigenvalue weighted by molar-refractivity contribution is 5.53. The van der Waals surface area contributed by atoms with Crippen molar-refractivity contribution in [1.82, 2.24) is 0 Å². The van der Waals surface area contributed by atoms with Gasteiger partial charge in [-0.25, -0.2) is 8.78 Å². The first-order valence-electron chi connectivity index (χ1n) is 6.27. The normalized spacial score (nSPS) is 16.1. The molecule has 100 valence electrons. The zero-order valence-corrected chi connectivity index (χ0v) is 10.2. The quantitative estimate of drug-likeness (QED) is 0.629. The molecular weight excluding hydrogens is 238 g/mol. The highest BCUT2D eigenvalue weighted by Crippen LogP contribution is 2.22. The maximum absolute atomic E-state index is 13.4. The minimum Gasteiger partial charge on any atom is -0.399 e. The number of halogens is 2. The van der Waals surface area contributed by atoms with Gasteiger partial charge in [-0.1, -0.05) is 12.8 Å². The van der Waals surface area contributed by atoms with E-state index in [0.717, 1.165) is 25.0 Å². The van der Waals surface area contributed by atoms with Crippen molar-refractivity contribution in [2.24, 2.45) is 0 Å². The summed E-state index contributed by atoms with van der Waals surface area (Å²) in [6.07, 6.45) is 4.90. The summed E-state index contributed by atoms with van der Waals surface area (Å²) >= 11 is 0. The van der Waals surface area contributed by atoms with Gasteiger partial charge in [0.1, 0.15) is 5.69 Å². The zero-order valence-electron chi connectivity index (χ0n) is 10.2. The van der Waals surface area contributed by atoms with E-state index in [-0.39, 0.29) is 11.4 Å². The van der Waals surface area contributed by atoms with Gasteiger partial charge in [-0.05, 0) is 25.0 Å². The summed E-state index contributed by atoms with van der Waals surface area (Å²) < 4.78 is 32.4. The average molecular weight is 256 g/mol. The molecule has 3 N–H and O–H groups in total. The first-order chi connectivity index (χ1) is 8.66. The van der Waals surface area contributed by atoms with Gasteiger partial charge < -0.3 is 15.8 Å². The van der Waals surface area contributed by atoms with Gasteiger partial charge in [-0.3, -0.25) is 0 Å². The Morgan fingerprint density at radius 2 is 1.83 bits per heavy atom. The molecule has 0 unspecified atom stereocenters. The zero-order chi connectivity index (χ0) is 13.0. The third-order valence-electron chi connectivity index (χ3n) is 3.12. The van der Waals surface area contributed by atoms with E-state index >= 15 is 0 Å². The molecule has 0 radical (unpaired) electrons. The van der Waals surface area contributed by atoms with Crippen LogP contribution >= 0.6 is 0 Å². The number of anilines is 2. The first kappa shape index (κ1) is 13.1. The van der Waals surface area contributed by atoms with Crippen LogP contribution in [0, 0.1) is 11.6 Å². The number of hydrogen-bond donors (Lipinski definition) is 2. The largest absolute Gasteiger partial charge is 0.399 e. The van der Waals surface area contributed by atoms with E-state index in [4.69, 9.17) is 10.5 Å². The van der Waals surface area contributed by atoms with Crippen LogP contribution in [0.5, 0.6) is 0 Å². The van der Waals surface area contributed by atoms with Crippen LogP contribution in [0.3, 0.4) is 0 Å². The van der Waals surface area contributed by atoms with Crippen LogP contribution in [0.4, 0.5) is 20.2 Å². The molecule has 0 saturated heterocycles. The fraction of sp³-hybridized carbons (Fsp3) is 0.538. The van der Waals surface area contributed by atoms with Gasteiger partial charge in [-0.2, -0.15) is 0 Å². The SMILES string of the molecule is Nc1cc(F)c(NCCOC2CCCC2)c(F)c1. The molecule has 1 aromatic rings. The molecule has 0 aliphatic heterocycles. The fourth-order valence-electron chi connectivity index (χ4n) is 2.22. The third-order valence-corrected chi connectivity index (χ3v) is 3.12. The van der Waals surface area contributed by atoms with Crippen LogP contribution in [0.15, 0.2) is 12.1 Å². The third kappa shape index (κ3) is 3.32. The molecule has 1 aromatic carbocycles. The van der Waals surface area contributed by atoms with Gasteiger partial charge >= 0.3 is 0 Å². The fourth-order valence-corrected chi connectivity index (χ4v) is 2.22. The molecule has 0 aromatic heterocycles. The Balaban J connectivity index is 1.79. The van der Waals surface area contributed by atoms with Gasteiger partial charge in [0.2, 0.25) is 0 Å². The molecule has 0 amide bonds. The molecule has 0 heterocycles. The van der Waals surface area contributed by atoms with Gasteiger partial charge in [0.15, 0.2) is 11.6 Å². The molecule has 5 heteroatoms. The number of benzene rings is 1. The van der Waals surface area contributed by atoms with Crippen molar-refractivity contribution in [2.45, 2.75) is 31.8 Å². The van der Waals surface area contributed by atoms with Gasteiger partial charge in [0.05, 0.1) is 12.7 Å². The monoisotopic (exact) mass is 256 g/mol. The Labute approximate surface area is 105 Å². The lowest BCUT2D eigenvalue weighted by molar-refractivity contribution is 0.0658. The van der Waals surface area contributed by atoms with E-state index in [0.29, 0.717) is 19.3 Å². The molecule has 1 fully saturated rings. The molecule has 0 bridgehead atoms. The van der Waals surface area contributed by atoms with E-state index < -0.39 is 11.6 Å². The number of nitrogens with one attached hydrogen (secondary N) is 1.